The summed E-state index contributed by atoms with van der Waals surface area (Å²) >= 11 is 0. The van der Waals surface area contributed by atoms with Crippen LogP contribution >= 0.6 is 0 Å². The average Bonchev–Trinajstić information content (AvgIpc) is 2.51. The maximum absolute atomic E-state index is 11.6. The minimum absolute atomic E-state index is 0.172. The van der Waals surface area contributed by atoms with E-state index >= 15 is 0 Å². The van der Waals surface area contributed by atoms with Crippen molar-refractivity contribution in [3.8, 4) is 0 Å². The molecule has 0 aromatic heterocycles. The Balaban J connectivity index is 2.74. The van der Waals surface area contributed by atoms with Crippen LogP contribution in [0.3, 0.4) is 0 Å². The highest BCUT2D eigenvalue weighted by Gasteiger charge is 2.27. The smallest absolute Gasteiger partial charge is 0.296 e. The van der Waals surface area contributed by atoms with Crippen molar-refractivity contribution in [2.45, 2.75) is 9.79 Å². The maximum atomic E-state index is 11.6. The molecule has 0 aliphatic rings. The topological polar surface area (TPSA) is 137 Å². The molecule has 0 radical (unpaired) electrons. The zero-order valence-electron chi connectivity index (χ0n) is 13.2. The van der Waals surface area contributed by atoms with E-state index in [0.717, 1.165) is 17.0 Å². The van der Waals surface area contributed by atoms with E-state index in [1.165, 1.54) is 14.1 Å². The monoisotopic (exact) mass is 385 g/mol. The Bertz CT molecular complexity index is 963. The third-order valence-corrected chi connectivity index (χ3v) is 4.80. The van der Waals surface area contributed by atoms with E-state index in [1.54, 1.807) is 30.3 Å². The lowest BCUT2D eigenvalue weighted by Crippen LogP contribution is -2.18. The van der Waals surface area contributed by atoms with E-state index in [9.17, 15) is 25.9 Å². The zero-order chi connectivity index (χ0) is 18.8. The van der Waals surface area contributed by atoms with E-state index < -0.39 is 30.0 Å². The highest BCUT2D eigenvalue weighted by Crippen LogP contribution is 2.36. The van der Waals surface area contributed by atoms with Crippen LogP contribution in [0.2, 0.25) is 0 Å². The van der Waals surface area contributed by atoms with Crippen LogP contribution in [0.15, 0.2) is 62.5 Å². The van der Waals surface area contributed by atoms with E-state index in [4.69, 9.17) is 0 Å². The summed E-state index contributed by atoms with van der Waals surface area (Å²) in [5, 5.41) is 7.64. The van der Waals surface area contributed by atoms with Crippen LogP contribution in [0.5, 0.6) is 0 Å². The van der Waals surface area contributed by atoms with Gasteiger partial charge >= 0.3 is 0 Å². The summed E-state index contributed by atoms with van der Waals surface area (Å²) in [7, 11) is -6.84. The fourth-order valence-electron chi connectivity index (χ4n) is 2.07. The molecule has 0 bridgehead atoms. The first-order chi connectivity index (χ1) is 11.5. The van der Waals surface area contributed by atoms with Crippen molar-refractivity contribution in [3.05, 3.63) is 42.5 Å². The van der Waals surface area contributed by atoms with E-state index in [-0.39, 0.29) is 11.4 Å². The van der Waals surface area contributed by atoms with E-state index in [2.05, 4.69) is 10.2 Å². The molecule has 9 nitrogen and oxygen atoms in total. The molecule has 11 heteroatoms. The lowest BCUT2D eigenvalue weighted by molar-refractivity contribution is 0.481. The Hall–Kier alpha value is -2.34. The number of anilines is 1. The summed E-state index contributed by atoms with van der Waals surface area (Å²) in [5.74, 6) is 0. The van der Waals surface area contributed by atoms with Crippen LogP contribution in [0.1, 0.15) is 0 Å². The van der Waals surface area contributed by atoms with Gasteiger partial charge in [-0.05, 0) is 24.3 Å². The van der Waals surface area contributed by atoms with Crippen LogP contribution in [0, 0.1) is 0 Å². The van der Waals surface area contributed by atoms with Gasteiger partial charge in [-0.2, -0.15) is 27.1 Å². The molecular weight excluding hydrogens is 370 g/mol. The molecule has 0 fully saturated rings. The molecule has 2 aromatic rings. The number of azo groups is 1. The SMILES string of the molecule is CN(C)c1c(S(=O)(=O)O)cc(N=Nc2ccccc2)cc1S(=O)(=O)O. The Morgan fingerprint density at radius 2 is 1.24 bits per heavy atom. The lowest BCUT2D eigenvalue weighted by atomic mass is 10.2. The molecule has 2 rings (SSSR count). The molecule has 0 spiro atoms. The first kappa shape index (κ1) is 19.0. The summed E-state index contributed by atoms with van der Waals surface area (Å²) in [6.07, 6.45) is 0. The van der Waals surface area contributed by atoms with Crippen molar-refractivity contribution in [1.82, 2.24) is 0 Å². The number of hydrogen-bond acceptors (Lipinski definition) is 7. The standard InChI is InChI=1S/C14H15N3O6S2/c1-17(2)14-12(24(18,19)20)8-11(9-13(14)25(21,22)23)16-15-10-6-4-3-5-7-10/h3-9H,1-2H3,(H,18,19,20)(H,21,22,23). The van der Waals surface area contributed by atoms with Gasteiger partial charge in [0.1, 0.15) is 9.79 Å². The second kappa shape index (κ2) is 6.88. The van der Waals surface area contributed by atoms with Gasteiger partial charge in [0.25, 0.3) is 20.2 Å². The molecule has 0 heterocycles. The molecule has 0 atom stereocenters. The van der Waals surface area contributed by atoms with Gasteiger partial charge in [-0.15, -0.1) is 0 Å². The van der Waals surface area contributed by atoms with Gasteiger partial charge in [0.05, 0.1) is 17.1 Å². The maximum Gasteiger partial charge on any atom is 0.296 e. The Morgan fingerprint density at radius 1 is 0.800 bits per heavy atom. The van der Waals surface area contributed by atoms with E-state index in [1.807, 2.05) is 0 Å². The Morgan fingerprint density at radius 3 is 1.64 bits per heavy atom. The van der Waals surface area contributed by atoms with Gasteiger partial charge in [-0.3, -0.25) is 9.11 Å². The number of benzene rings is 2. The van der Waals surface area contributed by atoms with Gasteiger partial charge in [0.15, 0.2) is 0 Å². The second-order valence-electron chi connectivity index (χ2n) is 5.17. The number of hydrogen-bond donors (Lipinski definition) is 2. The quantitative estimate of drug-likeness (QED) is 0.596. The normalized spacial score (nSPS) is 12.5. The molecule has 134 valence electrons. The molecule has 0 saturated heterocycles. The third-order valence-electron chi connectivity index (χ3n) is 3.06. The first-order valence-corrected chi connectivity index (χ1v) is 9.65. The molecule has 2 aromatic carbocycles. The van der Waals surface area contributed by atoms with Crippen molar-refractivity contribution in [1.29, 1.82) is 0 Å². The third kappa shape index (κ3) is 4.60. The molecule has 0 aliphatic heterocycles. The van der Waals surface area contributed by atoms with Crippen molar-refractivity contribution in [3.63, 3.8) is 0 Å². The second-order valence-corrected chi connectivity index (χ2v) is 7.95. The Labute approximate surface area is 145 Å². The fraction of sp³-hybridized carbons (Fsp3) is 0.143. The van der Waals surface area contributed by atoms with Gasteiger partial charge in [0, 0.05) is 14.1 Å². The molecular formula is C14H15N3O6S2. The summed E-state index contributed by atoms with van der Waals surface area (Å²) in [5.41, 5.74) is -0.112. The van der Waals surface area contributed by atoms with Crippen molar-refractivity contribution < 1.29 is 25.9 Å². The van der Waals surface area contributed by atoms with E-state index in [0.29, 0.717) is 5.69 Å². The van der Waals surface area contributed by atoms with Crippen molar-refractivity contribution in [2.24, 2.45) is 10.2 Å². The van der Waals surface area contributed by atoms with Crippen LogP contribution in [-0.4, -0.2) is 40.0 Å². The lowest BCUT2D eigenvalue weighted by Gasteiger charge is -2.19. The minimum atomic E-state index is -4.79. The Kier molecular flexibility index (Phi) is 5.23. The average molecular weight is 385 g/mol. The molecule has 0 amide bonds. The highest BCUT2D eigenvalue weighted by atomic mass is 32.2. The molecule has 0 unspecified atom stereocenters. The van der Waals surface area contributed by atoms with Gasteiger partial charge in [-0.25, -0.2) is 0 Å². The van der Waals surface area contributed by atoms with Crippen LogP contribution in [-0.2, 0) is 20.2 Å². The summed E-state index contributed by atoms with van der Waals surface area (Å²) in [6, 6.07) is 10.4. The van der Waals surface area contributed by atoms with Crippen LogP contribution in [0.25, 0.3) is 0 Å². The predicted octanol–water partition coefficient (Wildman–Crippen LogP) is 2.66. The summed E-state index contributed by atoms with van der Waals surface area (Å²) in [6.45, 7) is 0. The van der Waals surface area contributed by atoms with Gasteiger partial charge in [0.2, 0.25) is 0 Å². The highest BCUT2D eigenvalue weighted by molar-refractivity contribution is 7.87. The van der Waals surface area contributed by atoms with Crippen LogP contribution < -0.4 is 4.90 Å². The molecule has 0 aliphatic carbocycles. The zero-order valence-corrected chi connectivity index (χ0v) is 14.9. The summed E-state index contributed by atoms with van der Waals surface area (Å²) in [4.78, 5) is -0.283. The molecule has 2 N–H and O–H groups in total. The van der Waals surface area contributed by atoms with Gasteiger partial charge < -0.3 is 4.90 Å². The predicted molar refractivity (Wildman–Crippen MR) is 91.0 cm³/mol. The van der Waals surface area contributed by atoms with Crippen LogP contribution in [0.4, 0.5) is 17.1 Å². The number of nitrogens with zero attached hydrogens (tertiary/aromatic N) is 3. The first-order valence-electron chi connectivity index (χ1n) is 6.77. The minimum Gasteiger partial charge on any atom is -0.375 e. The molecule has 25 heavy (non-hydrogen) atoms. The van der Waals surface area contributed by atoms with Crippen molar-refractivity contribution in [2.75, 3.05) is 19.0 Å². The largest absolute Gasteiger partial charge is 0.375 e. The van der Waals surface area contributed by atoms with Gasteiger partial charge in [-0.1, -0.05) is 18.2 Å². The summed E-state index contributed by atoms with van der Waals surface area (Å²) < 4.78 is 65.4. The van der Waals surface area contributed by atoms with Crippen molar-refractivity contribution >= 4 is 37.3 Å². The molecule has 0 saturated carbocycles. The fourth-order valence-corrected chi connectivity index (χ4v) is 3.75. The number of rotatable bonds is 5.